The highest BCUT2D eigenvalue weighted by Crippen LogP contribution is 2.21. The first-order chi connectivity index (χ1) is 7.38. The van der Waals surface area contributed by atoms with Gasteiger partial charge in [-0.2, -0.15) is 11.8 Å². The lowest BCUT2D eigenvalue weighted by Gasteiger charge is -2.13. The largest absolute Gasteiger partial charge is 0.381 e. The lowest BCUT2D eigenvalue weighted by molar-refractivity contribution is 0.813. The first-order valence-corrected chi connectivity index (χ1v) is 6.97. The number of thioether (sulfide) groups is 1. The van der Waals surface area contributed by atoms with Crippen LogP contribution in [0.25, 0.3) is 0 Å². The van der Waals surface area contributed by atoms with Crippen LogP contribution in [-0.4, -0.2) is 17.5 Å². The third-order valence-corrected chi connectivity index (χ3v) is 3.96. The van der Waals surface area contributed by atoms with Crippen LogP contribution in [0.5, 0.6) is 0 Å². The molecule has 0 bridgehead atoms. The van der Waals surface area contributed by atoms with Crippen LogP contribution >= 0.6 is 11.8 Å². The predicted octanol–water partition coefficient (Wildman–Crippen LogP) is 3.56. The maximum absolute atomic E-state index is 3.59. The molecule has 1 atom stereocenters. The summed E-state index contributed by atoms with van der Waals surface area (Å²) in [7, 11) is 0. The predicted molar refractivity (Wildman–Crippen MR) is 69.8 cm³/mol. The van der Waals surface area contributed by atoms with Crippen molar-refractivity contribution in [2.75, 3.05) is 16.8 Å². The molecule has 0 amide bonds. The Morgan fingerprint density at radius 3 is 2.73 bits per heavy atom. The minimum Gasteiger partial charge on any atom is -0.381 e. The molecule has 0 radical (unpaired) electrons. The van der Waals surface area contributed by atoms with Crippen molar-refractivity contribution in [3.8, 4) is 0 Å². The van der Waals surface area contributed by atoms with Gasteiger partial charge in [0.25, 0.3) is 0 Å². The van der Waals surface area contributed by atoms with Crippen LogP contribution < -0.4 is 5.32 Å². The molecule has 1 N–H and O–H groups in total. The van der Waals surface area contributed by atoms with Crippen molar-refractivity contribution in [1.29, 1.82) is 0 Å². The average Bonchev–Trinajstić information content (AvgIpc) is 2.74. The standard InChI is InChI=1S/C13H19NS/c1-2-3-11-4-6-12(7-5-11)14-13-8-9-15-10-13/h4-7,13-14H,2-3,8-10H2,1H3/t13-/m1/s1. The third kappa shape index (κ3) is 3.16. The van der Waals surface area contributed by atoms with Crippen LogP contribution in [0, 0.1) is 0 Å². The maximum atomic E-state index is 3.59. The van der Waals surface area contributed by atoms with Crippen LogP contribution in [0.3, 0.4) is 0 Å². The molecule has 2 rings (SSSR count). The van der Waals surface area contributed by atoms with Gasteiger partial charge in [0, 0.05) is 17.5 Å². The number of rotatable bonds is 4. The zero-order valence-corrected chi connectivity index (χ0v) is 10.1. The number of hydrogen-bond acceptors (Lipinski definition) is 2. The molecule has 1 saturated heterocycles. The van der Waals surface area contributed by atoms with Crippen LogP contribution in [0.2, 0.25) is 0 Å². The molecule has 1 aliphatic heterocycles. The Balaban J connectivity index is 1.91. The lowest BCUT2D eigenvalue weighted by atomic mass is 10.1. The van der Waals surface area contributed by atoms with Crippen molar-refractivity contribution in [3.05, 3.63) is 29.8 Å². The second-order valence-corrected chi connectivity index (χ2v) is 5.30. The molecule has 0 saturated carbocycles. The van der Waals surface area contributed by atoms with Gasteiger partial charge in [-0.15, -0.1) is 0 Å². The number of hydrogen-bond donors (Lipinski definition) is 1. The second kappa shape index (κ2) is 5.45. The summed E-state index contributed by atoms with van der Waals surface area (Å²) in [5.41, 5.74) is 2.73. The monoisotopic (exact) mass is 221 g/mol. The topological polar surface area (TPSA) is 12.0 Å². The summed E-state index contributed by atoms with van der Waals surface area (Å²) in [5, 5.41) is 3.59. The molecule has 2 heteroatoms. The molecule has 0 aliphatic carbocycles. The minimum atomic E-state index is 0.687. The summed E-state index contributed by atoms with van der Waals surface area (Å²) in [5.74, 6) is 2.57. The fourth-order valence-corrected chi connectivity index (χ4v) is 3.09. The van der Waals surface area contributed by atoms with E-state index in [-0.39, 0.29) is 0 Å². The summed E-state index contributed by atoms with van der Waals surface area (Å²) in [4.78, 5) is 0. The van der Waals surface area contributed by atoms with Crippen molar-refractivity contribution in [3.63, 3.8) is 0 Å². The molecule has 1 heterocycles. The molecule has 15 heavy (non-hydrogen) atoms. The van der Waals surface area contributed by atoms with Gasteiger partial charge in [0.05, 0.1) is 0 Å². The van der Waals surface area contributed by atoms with E-state index in [0.717, 1.165) is 0 Å². The molecule has 0 unspecified atom stereocenters. The summed E-state index contributed by atoms with van der Waals surface area (Å²) in [6.07, 6.45) is 3.73. The molecular formula is C13H19NS. The van der Waals surface area contributed by atoms with Gasteiger partial charge >= 0.3 is 0 Å². The van der Waals surface area contributed by atoms with Crippen molar-refractivity contribution in [2.45, 2.75) is 32.2 Å². The summed E-state index contributed by atoms with van der Waals surface area (Å²) >= 11 is 2.05. The number of nitrogens with one attached hydrogen (secondary N) is 1. The van der Waals surface area contributed by atoms with Crippen LogP contribution in [-0.2, 0) is 6.42 Å². The molecule has 1 aromatic carbocycles. The third-order valence-electron chi connectivity index (χ3n) is 2.79. The molecule has 1 aromatic rings. The average molecular weight is 221 g/mol. The molecule has 82 valence electrons. The normalized spacial score (nSPS) is 20.5. The molecule has 1 nitrogen and oxygen atoms in total. The zero-order chi connectivity index (χ0) is 10.5. The van der Waals surface area contributed by atoms with E-state index in [0.29, 0.717) is 6.04 Å². The van der Waals surface area contributed by atoms with E-state index >= 15 is 0 Å². The van der Waals surface area contributed by atoms with Gasteiger partial charge in [-0.3, -0.25) is 0 Å². The van der Waals surface area contributed by atoms with Crippen molar-refractivity contribution in [2.24, 2.45) is 0 Å². The highest BCUT2D eigenvalue weighted by molar-refractivity contribution is 7.99. The van der Waals surface area contributed by atoms with E-state index < -0.39 is 0 Å². The van der Waals surface area contributed by atoms with Gasteiger partial charge in [0.1, 0.15) is 0 Å². The first-order valence-electron chi connectivity index (χ1n) is 5.81. The Morgan fingerprint density at radius 2 is 2.13 bits per heavy atom. The molecule has 0 spiro atoms. The van der Waals surface area contributed by atoms with Crippen LogP contribution in [0.1, 0.15) is 25.3 Å². The van der Waals surface area contributed by atoms with Gasteiger partial charge < -0.3 is 5.32 Å². The lowest BCUT2D eigenvalue weighted by Crippen LogP contribution is -2.17. The summed E-state index contributed by atoms with van der Waals surface area (Å²) in [6, 6.07) is 9.61. The van der Waals surface area contributed by atoms with E-state index in [9.17, 15) is 0 Å². The van der Waals surface area contributed by atoms with Crippen LogP contribution in [0.15, 0.2) is 24.3 Å². The maximum Gasteiger partial charge on any atom is 0.0359 e. The fourth-order valence-electron chi connectivity index (χ4n) is 1.94. The van der Waals surface area contributed by atoms with E-state index in [1.807, 2.05) is 0 Å². The molecular weight excluding hydrogens is 202 g/mol. The number of anilines is 1. The Bertz CT molecular complexity index is 288. The Labute approximate surface area is 96.7 Å². The Morgan fingerprint density at radius 1 is 1.33 bits per heavy atom. The quantitative estimate of drug-likeness (QED) is 0.834. The summed E-state index contributed by atoms with van der Waals surface area (Å²) in [6.45, 7) is 2.22. The van der Waals surface area contributed by atoms with E-state index in [1.54, 1.807) is 0 Å². The molecule has 1 fully saturated rings. The van der Waals surface area contributed by atoms with Gasteiger partial charge in [0.15, 0.2) is 0 Å². The highest BCUT2D eigenvalue weighted by Gasteiger charge is 2.14. The summed E-state index contributed by atoms with van der Waals surface area (Å²) < 4.78 is 0. The smallest absolute Gasteiger partial charge is 0.0359 e. The highest BCUT2D eigenvalue weighted by atomic mass is 32.2. The number of aryl methyl sites for hydroxylation is 1. The fraction of sp³-hybridized carbons (Fsp3) is 0.538. The van der Waals surface area contributed by atoms with Gasteiger partial charge in [-0.25, -0.2) is 0 Å². The Hall–Kier alpha value is -0.630. The Kier molecular flexibility index (Phi) is 3.95. The van der Waals surface area contributed by atoms with E-state index in [2.05, 4.69) is 48.3 Å². The molecule has 0 aromatic heterocycles. The van der Waals surface area contributed by atoms with Crippen molar-refractivity contribution in [1.82, 2.24) is 0 Å². The van der Waals surface area contributed by atoms with Crippen LogP contribution in [0.4, 0.5) is 5.69 Å². The van der Waals surface area contributed by atoms with Gasteiger partial charge in [-0.05, 0) is 36.3 Å². The second-order valence-electron chi connectivity index (χ2n) is 4.15. The van der Waals surface area contributed by atoms with E-state index in [1.165, 1.54) is 42.0 Å². The first kappa shape index (κ1) is 10.9. The van der Waals surface area contributed by atoms with Crippen molar-refractivity contribution >= 4 is 17.4 Å². The SMILES string of the molecule is CCCc1ccc(N[C@@H]2CCSC2)cc1. The van der Waals surface area contributed by atoms with Crippen molar-refractivity contribution < 1.29 is 0 Å². The van der Waals surface area contributed by atoms with Gasteiger partial charge in [-0.1, -0.05) is 25.5 Å². The zero-order valence-electron chi connectivity index (χ0n) is 9.33. The number of benzene rings is 1. The van der Waals surface area contributed by atoms with E-state index in [4.69, 9.17) is 0 Å². The van der Waals surface area contributed by atoms with Gasteiger partial charge in [0.2, 0.25) is 0 Å². The molecule has 1 aliphatic rings. The minimum absolute atomic E-state index is 0.687.